The fourth-order valence-electron chi connectivity index (χ4n) is 2.03. The maximum absolute atomic E-state index is 5.74. The molecule has 18 heavy (non-hydrogen) atoms. The van der Waals surface area contributed by atoms with Crippen LogP contribution in [0.1, 0.15) is 24.8 Å². The molecule has 2 rings (SSSR count). The summed E-state index contributed by atoms with van der Waals surface area (Å²) in [5.74, 6) is 0.569. The lowest BCUT2D eigenvalue weighted by molar-refractivity contribution is 0.706. The lowest BCUT2D eigenvalue weighted by Gasteiger charge is -2.13. The van der Waals surface area contributed by atoms with Gasteiger partial charge in [-0.3, -0.25) is 0 Å². The fraction of sp³-hybridized carbons (Fsp3) is 0.250. The van der Waals surface area contributed by atoms with Gasteiger partial charge in [0.05, 0.1) is 0 Å². The molecule has 2 aromatic carbocycles. The van der Waals surface area contributed by atoms with Crippen LogP contribution >= 0.6 is 0 Å². The SMILES string of the molecule is CC(CCNc1cccc(N)c1)c1ccccc1. The van der Waals surface area contributed by atoms with E-state index >= 15 is 0 Å². The highest BCUT2D eigenvalue weighted by Crippen LogP contribution is 2.19. The van der Waals surface area contributed by atoms with E-state index < -0.39 is 0 Å². The molecule has 2 heteroatoms. The van der Waals surface area contributed by atoms with Crippen LogP contribution in [0, 0.1) is 0 Å². The van der Waals surface area contributed by atoms with E-state index in [0.717, 1.165) is 24.3 Å². The number of nitrogens with one attached hydrogen (secondary N) is 1. The van der Waals surface area contributed by atoms with Gasteiger partial charge in [-0.1, -0.05) is 43.3 Å². The van der Waals surface area contributed by atoms with Crippen molar-refractivity contribution in [2.45, 2.75) is 19.3 Å². The molecule has 0 spiro atoms. The summed E-state index contributed by atoms with van der Waals surface area (Å²) < 4.78 is 0. The van der Waals surface area contributed by atoms with Gasteiger partial charge in [0, 0.05) is 17.9 Å². The Morgan fingerprint density at radius 2 is 1.83 bits per heavy atom. The van der Waals surface area contributed by atoms with Crippen LogP contribution in [0.4, 0.5) is 11.4 Å². The second-order valence-corrected chi connectivity index (χ2v) is 4.65. The number of nitrogens with two attached hydrogens (primary N) is 1. The molecule has 0 aliphatic rings. The van der Waals surface area contributed by atoms with Gasteiger partial charge in [0.1, 0.15) is 0 Å². The van der Waals surface area contributed by atoms with Crippen LogP contribution in [-0.2, 0) is 0 Å². The van der Waals surface area contributed by atoms with E-state index in [1.54, 1.807) is 0 Å². The summed E-state index contributed by atoms with van der Waals surface area (Å²) in [6.45, 7) is 3.22. The van der Waals surface area contributed by atoms with Gasteiger partial charge in [0.2, 0.25) is 0 Å². The van der Waals surface area contributed by atoms with Gasteiger partial charge in [-0.2, -0.15) is 0 Å². The van der Waals surface area contributed by atoms with Gasteiger partial charge >= 0.3 is 0 Å². The third-order valence-corrected chi connectivity index (χ3v) is 3.16. The number of hydrogen-bond acceptors (Lipinski definition) is 2. The minimum absolute atomic E-state index is 0.569. The lowest BCUT2D eigenvalue weighted by Crippen LogP contribution is -2.06. The van der Waals surface area contributed by atoms with Gasteiger partial charge in [-0.05, 0) is 36.1 Å². The van der Waals surface area contributed by atoms with Crippen molar-refractivity contribution in [3.8, 4) is 0 Å². The predicted molar refractivity (Wildman–Crippen MR) is 78.8 cm³/mol. The quantitative estimate of drug-likeness (QED) is 0.778. The van der Waals surface area contributed by atoms with Crippen LogP contribution in [0.3, 0.4) is 0 Å². The van der Waals surface area contributed by atoms with Crippen molar-refractivity contribution in [2.75, 3.05) is 17.6 Å². The van der Waals surface area contributed by atoms with Gasteiger partial charge in [0.25, 0.3) is 0 Å². The molecule has 2 nitrogen and oxygen atoms in total. The standard InChI is InChI=1S/C16H20N2/c1-13(14-6-3-2-4-7-14)10-11-18-16-9-5-8-15(17)12-16/h2-9,12-13,18H,10-11,17H2,1H3. The second kappa shape index (κ2) is 6.10. The Balaban J connectivity index is 1.82. The summed E-state index contributed by atoms with van der Waals surface area (Å²) in [4.78, 5) is 0. The zero-order valence-electron chi connectivity index (χ0n) is 10.8. The van der Waals surface area contributed by atoms with Gasteiger partial charge < -0.3 is 11.1 Å². The van der Waals surface area contributed by atoms with Crippen molar-refractivity contribution < 1.29 is 0 Å². The van der Waals surface area contributed by atoms with E-state index in [9.17, 15) is 0 Å². The zero-order valence-corrected chi connectivity index (χ0v) is 10.8. The van der Waals surface area contributed by atoms with Crippen molar-refractivity contribution in [1.82, 2.24) is 0 Å². The summed E-state index contributed by atoms with van der Waals surface area (Å²) in [5, 5.41) is 3.41. The molecule has 0 saturated carbocycles. The van der Waals surface area contributed by atoms with Crippen molar-refractivity contribution in [3.05, 3.63) is 60.2 Å². The molecular weight excluding hydrogens is 220 g/mol. The molecular formula is C16H20N2. The summed E-state index contributed by atoms with van der Waals surface area (Å²) in [7, 11) is 0. The van der Waals surface area contributed by atoms with Crippen LogP contribution in [0.2, 0.25) is 0 Å². The summed E-state index contributed by atoms with van der Waals surface area (Å²) in [5.41, 5.74) is 9.03. The van der Waals surface area contributed by atoms with Crippen LogP contribution < -0.4 is 11.1 Å². The largest absolute Gasteiger partial charge is 0.399 e. The van der Waals surface area contributed by atoms with Crippen molar-refractivity contribution in [3.63, 3.8) is 0 Å². The highest BCUT2D eigenvalue weighted by Gasteiger charge is 2.04. The normalized spacial score (nSPS) is 12.1. The lowest BCUT2D eigenvalue weighted by atomic mass is 9.98. The van der Waals surface area contributed by atoms with Gasteiger partial charge in [0.15, 0.2) is 0 Å². The third kappa shape index (κ3) is 3.52. The average Bonchev–Trinajstić information content (AvgIpc) is 2.40. The molecule has 0 bridgehead atoms. The maximum atomic E-state index is 5.74. The molecule has 0 aliphatic heterocycles. The highest BCUT2D eigenvalue weighted by atomic mass is 14.9. The first-order chi connectivity index (χ1) is 8.75. The molecule has 0 saturated heterocycles. The maximum Gasteiger partial charge on any atom is 0.0360 e. The zero-order chi connectivity index (χ0) is 12.8. The number of nitrogen functional groups attached to an aromatic ring is 1. The first-order valence-electron chi connectivity index (χ1n) is 6.40. The molecule has 0 radical (unpaired) electrons. The Labute approximate surface area is 109 Å². The van der Waals surface area contributed by atoms with E-state index in [-0.39, 0.29) is 0 Å². The molecule has 1 atom stereocenters. The summed E-state index contributed by atoms with van der Waals surface area (Å²) in [6.07, 6.45) is 1.11. The fourth-order valence-corrected chi connectivity index (χ4v) is 2.03. The monoisotopic (exact) mass is 240 g/mol. The van der Waals surface area contributed by atoms with Crippen molar-refractivity contribution in [2.24, 2.45) is 0 Å². The third-order valence-electron chi connectivity index (χ3n) is 3.16. The molecule has 0 aromatic heterocycles. The Morgan fingerprint density at radius 3 is 2.56 bits per heavy atom. The second-order valence-electron chi connectivity index (χ2n) is 4.65. The molecule has 0 fully saturated rings. The predicted octanol–water partition coefficient (Wildman–Crippen LogP) is 3.87. The van der Waals surface area contributed by atoms with Crippen LogP contribution in [-0.4, -0.2) is 6.54 Å². The van der Waals surface area contributed by atoms with Crippen LogP contribution in [0.5, 0.6) is 0 Å². The van der Waals surface area contributed by atoms with Crippen LogP contribution in [0.25, 0.3) is 0 Å². The molecule has 3 N–H and O–H groups in total. The molecule has 1 unspecified atom stereocenters. The average molecular weight is 240 g/mol. The highest BCUT2D eigenvalue weighted by molar-refractivity contribution is 5.53. The number of hydrogen-bond donors (Lipinski definition) is 2. The Hall–Kier alpha value is -1.96. The Kier molecular flexibility index (Phi) is 4.24. The molecule has 0 aliphatic carbocycles. The Bertz CT molecular complexity index is 479. The van der Waals surface area contributed by atoms with E-state index in [4.69, 9.17) is 5.73 Å². The summed E-state index contributed by atoms with van der Waals surface area (Å²) in [6, 6.07) is 18.5. The van der Waals surface area contributed by atoms with E-state index in [1.807, 2.05) is 24.3 Å². The van der Waals surface area contributed by atoms with Crippen LogP contribution in [0.15, 0.2) is 54.6 Å². The number of anilines is 2. The smallest absolute Gasteiger partial charge is 0.0360 e. The van der Waals surface area contributed by atoms with E-state index in [0.29, 0.717) is 5.92 Å². The molecule has 2 aromatic rings. The van der Waals surface area contributed by atoms with Gasteiger partial charge in [-0.25, -0.2) is 0 Å². The summed E-state index contributed by atoms with van der Waals surface area (Å²) >= 11 is 0. The van der Waals surface area contributed by atoms with E-state index in [1.165, 1.54) is 5.56 Å². The molecule has 0 heterocycles. The molecule has 94 valence electrons. The Morgan fingerprint density at radius 1 is 1.06 bits per heavy atom. The van der Waals surface area contributed by atoms with Crippen molar-refractivity contribution in [1.29, 1.82) is 0 Å². The van der Waals surface area contributed by atoms with E-state index in [2.05, 4.69) is 42.6 Å². The molecule has 0 amide bonds. The first kappa shape index (κ1) is 12.5. The minimum atomic E-state index is 0.569. The topological polar surface area (TPSA) is 38.0 Å². The first-order valence-corrected chi connectivity index (χ1v) is 6.40. The minimum Gasteiger partial charge on any atom is -0.399 e. The van der Waals surface area contributed by atoms with Gasteiger partial charge in [-0.15, -0.1) is 0 Å². The number of benzene rings is 2. The van der Waals surface area contributed by atoms with Crippen molar-refractivity contribution >= 4 is 11.4 Å². The number of rotatable bonds is 5.